The molecule has 0 amide bonds. The normalized spacial score (nSPS) is 10.2. The fourth-order valence-electron chi connectivity index (χ4n) is 3.99. The molecule has 0 heterocycles. The molecule has 0 aliphatic carbocycles. The summed E-state index contributed by atoms with van der Waals surface area (Å²) in [5.41, 5.74) is 10.9. The van der Waals surface area contributed by atoms with Gasteiger partial charge >= 0.3 is 0 Å². The van der Waals surface area contributed by atoms with Crippen LogP contribution in [0.5, 0.6) is 0 Å². The van der Waals surface area contributed by atoms with Crippen LogP contribution in [-0.2, 0) is 25.7 Å². The van der Waals surface area contributed by atoms with Crippen LogP contribution in [0.4, 0.5) is 0 Å². The van der Waals surface area contributed by atoms with Crippen LogP contribution in [0.25, 0.3) is 0 Å². The topological polar surface area (TPSA) is 0 Å². The van der Waals surface area contributed by atoms with Crippen LogP contribution in [0.1, 0.15) is 50.9 Å². The number of aryl methyl sites for hydroxylation is 2. The zero-order valence-electron chi connectivity index (χ0n) is 20.5. The monoisotopic (exact) mass is 433 g/mol. The van der Waals surface area contributed by atoms with Gasteiger partial charge < -0.3 is 14.9 Å². The third kappa shape index (κ3) is 7.68. The van der Waals surface area contributed by atoms with Crippen molar-refractivity contribution in [3.63, 3.8) is 0 Å². The largest absolute Gasteiger partial charge is 0.358 e. The second-order valence-electron chi connectivity index (χ2n) is 8.57. The quantitative estimate of drug-likeness (QED) is 0.245. The fraction of sp³-hybridized carbons (Fsp3) is 0.182. The zero-order valence-corrected chi connectivity index (χ0v) is 20.5. The third-order valence-corrected chi connectivity index (χ3v) is 5.88. The van der Waals surface area contributed by atoms with E-state index >= 15 is 0 Å². The average molecular weight is 434 g/mol. The molecular formula is C33H37-. The summed E-state index contributed by atoms with van der Waals surface area (Å²) in [5.74, 6) is 0. The minimum Gasteiger partial charge on any atom is -0.358 e. The average Bonchev–Trinajstić information content (AvgIpc) is 2.79. The summed E-state index contributed by atoms with van der Waals surface area (Å²) in [5, 5.41) is 0. The van der Waals surface area contributed by atoms with Gasteiger partial charge in [-0.05, 0) is 65.1 Å². The maximum absolute atomic E-state index is 3.93. The number of hydrogen-bond donors (Lipinski definition) is 0. The van der Waals surface area contributed by atoms with Crippen molar-refractivity contribution in [2.75, 3.05) is 0 Å². The standard InChI is InChI=1S/C31H31.2CH3/c1-3-4-25-9-11-27(12-10-25)22-29-17-19-31(20-18-29)23-30-15-13-28(14-16-30)21-26-7-5-24(2)6-8-26;;/h5-20H,1,3-4,21-23H2,2H3;2*1H3/q+1;2*-1. The van der Waals surface area contributed by atoms with E-state index in [1.807, 2.05) is 0 Å². The first kappa shape index (κ1) is 26.0. The first-order valence-corrected chi connectivity index (χ1v) is 11.3. The molecule has 0 heteroatoms. The van der Waals surface area contributed by atoms with Crippen LogP contribution in [0.3, 0.4) is 0 Å². The van der Waals surface area contributed by atoms with Crippen molar-refractivity contribution in [1.82, 2.24) is 0 Å². The molecule has 0 saturated heterocycles. The molecule has 0 radical (unpaired) electrons. The molecule has 33 heavy (non-hydrogen) atoms. The van der Waals surface area contributed by atoms with E-state index < -0.39 is 0 Å². The van der Waals surface area contributed by atoms with Crippen molar-refractivity contribution in [3.8, 4) is 0 Å². The van der Waals surface area contributed by atoms with Gasteiger partial charge in [0.1, 0.15) is 0 Å². The van der Waals surface area contributed by atoms with Gasteiger partial charge in [0, 0.05) is 6.42 Å². The summed E-state index contributed by atoms with van der Waals surface area (Å²) >= 11 is 0. The lowest BCUT2D eigenvalue weighted by molar-refractivity contribution is 0.996. The highest BCUT2D eigenvalue weighted by Crippen LogP contribution is 2.17. The van der Waals surface area contributed by atoms with Crippen LogP contribution >= 0.6 is 0 Å². The molecule has 0 aliphatic heterocycles. The maximum atomic E-state index is 3.93. The number of hydrogen-bond acceptors (Lipinski definition) is 0. The molecule has 0 unspecified atom stereocenters. The highest BCUT2D eigenvalue weighted by molar-refractivity contribution is 5.35. The van der Waals surface area contributed by atoms with Gasteiger partial charge in [-0.2, -0.15) is 0 Å². The molecule has 0 spiro atoms. The Hall–Kier alpha value is -3.25. The fourth-order valence-corrected chi connectivity index (χ4v) is 3.99. The van der Waals surface area contributed by atoms with Crippen LogP contribution in [-0.4, -0.2) is 0 Å². The second-order valence-corrected chi connectivity index (χ2v) is 8.57. The number of benzene rings is 4. The van der Waals surface area contributed by atoms with E-state index in [2.05, 4.69) is 111 Å². The Balaban J connectivity index is 0.00000193. The van der Waals surface area contributed by atoms with Crippen molar-refractivity contribution in [3.05, 3.63) is 163 Å². The molecule has 0 N–H and O–H groups in total. The summed E-state index contributed by atoms with van der Waals surface area (Å²) in [6, 6.07) is 35.9. The van der Waals surface area contributed by atoms with Gasteiger partial charge in [0.2, 0.25) is 0 Å². The van der Waals surface area contributed by atoms with Crippen LogP contribution < -0.4 is 0 Å². The van der Waals surface area contributed by atoms with E-state index in [-0.39, 0.29) is 14.9 Å². The van der Waals surface area contributed by atoms with E-state index in [0.717, 1.165) is 32.1 Å². The molecular weight excluding hydrogens is 396 g/mol. The zero-order chi connectivity index (χ0) is 21.5. The lowest BCUT2D eigenvalue weighted by Gasteiger charge is -2.07. The van der Waals surface area contributed by atoms with Crippen molar-refractivity contribution in [2.45, 2.75) is 39.0 Å². The Labute approximate surface area is 202 Å². The summed E-state index contributed by atoms with van der Waals surface area (Å²) in [6.07, 6.45) is 4.97. The molecule has 4 aromatic carbocycles. The lowest BCUT2D eigenvalue weighted by atomic mass is 9.98. The van der Waals surface area contributed by atoms with Gasteiger partial charge in [-0.15, -0.1) is 0 Å². The van der Waals surface area contributed by atoms with Gasteiger partial charge in [-0.1, -0.05) is 103 Å². The molecule has 0 aromatic heterocycles. The van der Waals surface area contributed by atoms with E-state index in [0.29, 0.717) is 0 Å². The Kier molecular flexibility index (Phi) is 10.0. The lowest BCUT2D eigenvalue weighted by Crippen LogP contribution is -1.93. The van der Waals surface area contributed by atoms with Crippen LogP contribution in [0.15, 0.2) is 97.1 Å². The first-order valence-electron chi connectivity index (χ1n) is 11.3. The molecule has 4 rings (SSSR count). The highest BCUT2D eigenvalue weighted by atomic mass is 14.1. The summed E-state index contributed by atoms with van der Waals surface area (Å²) < 4.78 is 0. The molecule has 0 atom stereocenters. The molecule has 0 nitrogen and oxygen atoms in total. The van der Waals surface area contributed by atoms with Gasteiger partial charge in [0.25, 0.3) is 0 Å². The summed E-state index contributed by atoms with van der Waals surface area (Å²) in [7, 11) is 0. The van der Waals surface area contributed by atoms with Crippen LogP contribution in [0, 0.1) is 28.7 Å². The predicted molar refractivity (Wildman–Crippen MR) is 145 cm³/mol. The van der Waals surface area contributed by atoms with Gasteiger partial charge in [0.15, 0.2) is 0 Å². The second kappa shape index (κ2) is 12.7. The van der Waals surface area contributed by atoms with Crippen molar-refractivity contribution >= 4 is 0 Å². The summed E-state index contributed by atoms with van der Waals surface area (Å²) in [6.45, 7) is 6.07. The van der Waals surface area contributed by atoms with Crippen LogP contribution in [0.2, 0.25) is 0 Å². The van der Waals surface area contributed by atoms with Crippen molar-refractivity contribution in [1.29, 1.82) is 0 Å². The molecule has 4 aromatic rings. The van der Waals surface area contributed by atoms with Gasteiger partial charge in [0.05, 0.1) is 13.3 Å². The molecule has 170 valence electrons. The Morgan fingerprint density at radius 1 is 0.424 bits per heavy atom. The predicted octanol–water partition coefficient (Wildman–Crippen LogP) is 8.43. The first-order chi connectivity index (χ1) is 15.2. The van der Waals surface area contributed by atoms with Gasteiger partial charge in [-0.25, -0.2) is 0 Å². The Morgan fingerprint density at radius 2 is 0.667 bits per heavy atom. The molecule has 0 fully saturated rings. The smallest absolute Gasteiger partial charge is 0.0890 e. The molecule has 0 saturated carbocycles. The Bertz CT molecular complexity index is 1070. The number of rotatable bonds is 8. The van der Waals surface area contributed by atoms with E-state index in [1.165, 1.54) is 44.5 Å². The van der Waals surface area contributed by atoms with E-state index in [9.17, 15) is 0 Å². The minimum absolute atomic E-state index is 0. The van der Waals surface area contributed by atoms with Gasteiger partial charge in [-0.3, -0.25) is 0 Å². The maximum Gasteiger partial charge on any atom is 0.0890 e. The highest BCUT2D eigenvalue weighted by Gasteiger charge is 2.02. The summed E-state index contributed by atoms with van der Waals surface area (Å²) in [4.78, 5) is 0. The molecule has 0 bridgehead atoms. The Morgan fingerprint density at radius 3 is 0.939 bits per heavy atom. The minimum atomic E-state index is 0. The van der Waals surface area contributed by atoms with Crippen molar-refractivity contribution in [2.24, 2.45) is 0 Å². The SMILES string of the molecule is [CH2+]CCc1ccc(Cc2ccc(Cc3ccc(Cc4ccc(C)cc4)cc3)cc2)cc1.[CH3-].[CH3-]. The van der Waals surface area contributed by atoms with E-state index in [1.54, 1.807) is 0 Å². The molecule has 0 aliphatic rings. The third-order valence-electron chi connectivity index (χ3n) is 5.88. The van der Waals surface area contributed by atoms with E-state index in [4.69, 9.17) is 0 Å². The van der Waals surface area contributed by atoms with Crippen molar-refractivity contribution < 1.29 is 0 Å².